The highest BCUT2D eigenvalue weighted by Gasteiger charge is 2.29. The fourth-order valence-electron chi connectivity index (χ4n) is 3.43. The van der Waals surface area contributed by atoms with E-state index >= 15 is 0 Å². The van der Waals surface area contributed by atoms with Crippen molar-refractivity contribution in [3.8, 4) is 0 Å². The molecule has 1 aliphatic heterocycles. The molecule has 0 saturated carbocycles. The molecule has 1 aromatic heterocycles. The van der Waals surface area contributed by atoms with E-state index in [4.69, 9.17) is 0 Å². The lowest BCUT2D eigenvalue weighted by molar-refractivity contribution is -0.117. The monoisotopic (exact) mass is 311 g/mol. The highest BCUT2D eigenvalue weighted by molar-refractivity contribution is 5.93. The number of rotatable bonds is 4. The van der Waals surface area contributed by atoms with Crippen LogP contribution in [0.4, 0.5) is 5.69 Å². The Balaban J connectivity index is 1.67. The highest BCUT2D eigenvalue weighted by atomic mass is 16.2. The Kier molecular flexibility index (Phi) is 4.53. The van der Waals surface area contributed by atoms with Crippen molar-refractivity contribution in [2.45, 2.75) is 32.7 Å². The first-order valence-electron chi connectivity index (χ1n) is 8.27. The number of nitrogens with zero attached hydrogens (tertiary/aromatic N) is 2. The van der Waals surface area contributed by atoms with Crippen molar-refractivity contribution in [3.05, 3.63) is 53.3 Å². The molecule has 4 nitrogen and oxygen atoms in total. The maximum atomic E-state index is 12.5. The molecule has 0 bridgehead atoms. The molecule has 0 radical (unpaired) electrons. The van der Waals surface area contributed by atoms with Gasteiger partial charge < -0.3 is 9.88 Å². The van der Waals surface area contributed by atoms with Crippen LogP contribution in [-0.4, -0.2) is 28.5 Å². The molecule has 2 heterocycles. The van der Waals surface area contributed by atoms with Crippen molar-refractivity contribution >= 4 is 11.6 Å². The number of hydrogen-bond acceptors (Lipinski definition) is 2. The van der Waals surface area contributed by atoms with E-state index in [-0.39, 0.29) is 5.91 Å². The lowest BCUT2D eigenvalue weighted by Gasteiger charge is -2.24. The van der Waals surface area contributed by atoms with Crippen molar-refractivity contribution in [3.63, 3.8) is 0 Å². The van der Waals surface area contributed by atoms with Crippen LogP contribution in [0, 0.1) is 13.8 Å². The molecule has 1 aromatic carbocycles. The van der Waals surface area contributed by atoms with E-state index in [1.807, 2.05) is 19.1 Å². The first kappa shape index (κ1) is 15.8. The summed E-state index contributed by atoms with van der Waals surface area (Å²) in [5, 5.41) is 3.07. The quantitative estimate of drug-likeness (QED) is 0.939. The summed E-state index contributed by atoms with van der Waals surface area (Å²) in [5.41, 5.74) is 4.55. The van der Waals surface area contributed by atoms with Gasteiger partial charge in [0.1, 0.15) is 0 Å². The molecule has 1 fully saturated rings. The summed E-state index contributed by atoms with van der Waals surface area (Å²) in [6.45, 7) is 5.55. The van der Waals surface area contributed by atoms with E-state index in [0.29, 0.717) is 12.6 Å². The van der Waals surface area contributed by atoms with Crippen LogP contribution in [-0.2, 0) is 11.8 Å². The van der Waals surface area contributed by atoms with Crippen molar-refractivity contribution in [2.24, 2.45) is 7.05 Å². The van der Waals surface area contributed by atoms with E-state index in [1.165, 1.54) is 11.3 Å². The molecular weight excluding hydrogens is 286 g/mol. The summed E-state index contributed by atoms with van der Waals surface area (Å²) in [4.78, 5) is 14.8. The Labute approximate surface area is 138 Å². The van der Waals surface area contributed by atoms with Gasteiger partial charge in [-0.05, 0) is 62.6 Å². The van der Waals surface area contributed by atoms with Gasteiger partial charge in [-0.15, -0.1) is 0 Å². The lowest BCUT2D eigenvalue weighted by Crippen LogP contribution is -2.33. The molecule has 1 N–H and O–H groups in total. The molecule has 23 heavy (non-hydrogen) atoms. The normalized spacial score (nSPS) is 18.3. The van der Waals surface area contributed by atoms with Crippen LogP contribution in [0.15, 0.2) is 36.5 Å². The Bertz CT molecular complexity index is 704. The van der Waals surface area contributed by atoms with Gasteiger partial charge in [0.15, 0.2) is 0 Å². The molecule has 2 aromatic rings. The van der Waals surface area contributed by atoms with Gasteiger partial charge in [-0.1, -0.05) is 12.1 Å². The summed E-state index contributed by atoms with van der Waals surface area (Å²) >= 11 is 0. The lowest BCUT2D eigenvalue weighted by atomic mass is 10.1. The predicted molar refractivity (Wildman–Crippen MR) is 93.5 cm³/mol. The van der Waals surface area contributed by atoms with Crippen LogP contribution in [0.1, 0.15) is 35.7 Å². The molecule has 4 heteroatoms. The maximum absolute atomic E-state index is 12.5. The standard InChI is InChI=1S/C19H25N3O/c1-14-7-4-8-16(15(14)2)20-19(23)13-22-12-6-10-18(22)17-9-5-11-21(17)3/h4-5,7-9,11,18H,6,10,12-13H2,1-3H3,(H,20,23)/t18-/m1/s1. The molecule has 1 amide bonds. The smallest absolute Gasteiger partial charge is 0.238 e. The van der Waals surface area contributed by atoms with E-state index in [1.54, 1.807) is 0 Å². The van der Waals surface area contributed by atoms with Gasteiger partial charge in [-0.3, -0.25) is 9.69 Å². The summed E-state index contributed by atoms with van der Waals surface area (Å²) in [6.07, 6.45) is 4.34. The number of amides is 1. The largest absolute Gasteiger partial charge is 0.353 e. The van der Waals surface area contributed by atoms with Crippen molar-refractivity contribution in [1.82, 2.24) is 9.47 Å². The number of aromatic nitrogens is 1. The van der Waals surface area contributed by atoms with Crippen LogP contribution in [0.5, 0.6) is 0 Å². The molecular formula is C19H25N3O. The zero-order valence-electron chi connectivity index (χ0n) is 14.2. The topological polar surface area (TPSA) is 37.3 Å². The molecule has 1 aliphatic rings. The highest BCUT2D eigenvalue weighted by Crippen LogP contribution is 2.31. The molecule has 1 saturated heterocycles. The molecule has 0 unspecified atom stereocenters. The summed E-state index contributed by atoms with van der Waals surface area (Å²) in [5.74, 6) is 0.0693. The van der Waals surface area contributed by atoms with Gasteiger partial charge >= 0.3 is 0 Å². The third-order valence-corrected chi connectivity index (χ3v) is 4.91. The number of carbonyl (C=O) groups excluding carboxylic acids is 1. The van der Waals surface area contributed by atoms with Crippen molar-refractivity contribution in [2.75, 3.05) is 18.4 Å². The number of nitrogens with one attached hydrogen (secondary N) is 1. The minimum Gasteiger partial charge on any atom is -0.353 e. The predicted octanol–water partition coefficient (Wildman–Crippen LogP) is 3.42. The van der Waals surface area contributed by atoms with Crippen molar-refractivity contribution in [1.29, 1.82) is 0 Å². The van der Waals surface area contributed by atoms with Crippen LogP contribution in [0.3, 0.4) is 0 Å². The zero-order chi connectivity index (χ0) is 16.4. The second-order valence-electron chi connectivity index (χ2n) is 6.47. The average Bonchev–Trinajstić information content (AvgIpc) is 3.12. The first-order chi connectivity index (χ1) is 11.1. The van der Waals surface area contributed by atoms with Crippen LogP contribution >= 0.6 is 0 Å². The molecule has 122 valence electrons. The summed E-state index contributed by atoms with van der Waals surface area (Å²) < 4.78 is 2.16. The summed E-state index contributed by atoms with van der Waals surface area (Å²) in [6, 6.07) is 10.6. The van der Waals surface area contributed by atoms with Gasteiger partial charge in [0.25, 0.3) is 0 Å². The number of carbonyl (C=O) groups is 1. The maximum Gasteiger partial charge on any atom is 0.238 e. The Morgan fingerprint density at radius 2 is 2.09 bits per heavy atom. The number of hydrogen-bond donors (Lipinski definition) is 1. The van der Waals surface area contributed by atoms with E-state index in [0.717, 1.165) is 30.6 Å². The number of aryl methyl sites for hydroxylation is 2. The van der Waals surface area contributed by atoms with Gasteiger partial charge in [0.2, 0.25) is 5.91 Å². The first-order valence-corrected chi connectivity index (χ1v) is 8.27. The fraction of sp³-hybridized carbons (Fsp3) is 0.421. The number of anilines is 1. The third-order valence-electron chi connectivity index (χ3n) is 4.91. The second kappa shape index (κ2) is 6.59. The van der Waals surface area contributed by atoms with E-state index in [2.05, 4.69) is 53.2 Å². The van der Waals surface area contributed by atoms with Crippen LogP contribution < -0.4 is 5.32 Å². The SMILES string of the molecule is Cc1cccc(NC(=O)CN2CCC[C@@H]2c2cccn2C)c1C. The van der Waals surface area contributed by atoms with E-state index in [9.17, 15) is 4.79 Å². The Hall–Kier alpha value is -2.07. The number of likely N-dealkylation sites (tertiary alicyclic amines) is 1. The minimum atomic E-state index is 0.0693. The van der Waals surface area contributed by atoms with Gasteiger partial charge in [-0.25, -0.2) is 0 Å². The molecule has 3 rings (SSSR count). The Morgan fingerprint density at radius 3 is 2.83 bits per heavy atom. The number of benzene rings is 1. The zero-order valence-corrected chi connectivity index (χ0v) is 14.2. The third kappa shape index (κ3) is 3.32. The van der Waals surface area contributed by atoms with Gasteiger partial charge in [-0.2, -0.15) is 0 Å². The van der Waals surface area contributed by atoms with Crippen molar-refractivity contribution < 1.29 is 4.79 Å². The molecule has 0 aliphatic carbocycles. The van der Waals surface area contributed by atoms with Gasteiger partial charge in [0, 0.05) is 24.6 Å². The molecule has 0 spiro atoms. The second-order valence-corrected chi connectivity index (χ2v) is 6.47. The van der Waals surface area contributed by atoms with Crippen LogP contribution in [0.2, 0.25) is 0 Å². The van der Waals surface area contributed by atoms with E-state index < -0.39 is 0 Å². The summed E-state index contributed by atoms with van der Waals surface area (Å²) in [7, 11) is 2.07. The molecule has 1 atom stereocenters. The Morgan fingerprint density at radius 1 is 1.26 bits per heavy atom. The average molecular weight is 311 g/mol. The minimum absolute atomic E-state index is 0.0693. The fourth-order valence-corrected chi connectivity index (χ4v) is 3.43. The van der Waals surface area contributed by atoms with Gasteiger partial charge in [0.05, 0.1) is 12.6 Å². The van der Waals surface area contributed by atoms with Crippen LogP contribution in [0.25, 0.3) is 0 Å².